The predicted octanol–water partition coefficient (Wildman–Crippen LogP) is 4.40. The molecule has 0 saturated carbocycles. The summed E-state index contributed by atoms with van der Waals surface area (Å²) in [6.45, 7) is 2.94. The summed E-state index contributed by atoms with van der Waals surface area (Å²) >= 11 is 0. The van der Waals surface area contributed by atoms with Gasteiger partial charge in [-0.3, -0.25) is 4.79 Å². The first kappa shape index (κ1) is 20.0. The van der Waals surface area contributed by atoms with Gasteiger partial charge in [0, 0.05) is 19.5 Å². The monoisotopic (exact) mass is 364 g/mol. The van der Waals surface area contributed by atoms with Crippen LogP contribution in [0, 0.1) is 0 Å². The van der Waals surface area contributed by atoms with Crippen LogP contribution in [-0.2, 0) is 17.5 Å². The van der Waals surface area contributed by atoms with Gasteiger partial charge in [0.1, 0.15) is 0 Å². The minimum Gasteiger partial charge on any atom is -0.350 e. The second-order valence-electron chi connectivity index (χ2n) is 6.38. The molecule has 0 aliphatic rings. The normalized spacial score (nSPS) is 12.8. The molecule has 1 atom stereocenters. The number of alkyl halides is 3. The van der Waals surface area contributed by atoms with E-state index in [1.54, 1.807) is 0 Å². The lowest BCUT2D eigenvalue weighted by Gasteiger charge is -2.18. The molecule has 0 heterocycles. The zero-order valence-corrected chi connectivity index (χ0v) is 14.9. The lowest BCUT2D eigenvalue weighted by molar-refractivity contribution is -0.137. The summed E-state index contributed by atoms with van der Waals surface area (Å²) in [5.41, 5.74) is 1.16. The van der Waals surface area contributed by atoms with Crippen LogP contribution in [0.5, 0.6) is 0 Å². The topological polar surface area (TPSA) is 32.3 Å². The van der Waals surface area contributed by atoms with E-state index in [9.17, 15) is 18.0 Å². The van der Waals surface area contributed by atoms with Crippen LogP contribution in [0.3, 0.4) is 0 Å². The van der Waals surface area contributed by atoms with Crippen molar-refractivity contribution in [3.63, 3.8) is 0 Å². The van der Waals surface area contributed by atoms with Crippen molar-refractivity contribution in [2.24, 2.45) is 0 Å². The summed E-state index contributed by atoms with van der Waals surface area (Å²) in [5, 5.41) is 2.95. The Morgan fingerprint density at radius 3 is 2.27 bits per heavy atom. The molecule has 0 fully saturated rings. The average Bonchev–Trinajstić information content (AvgIpc) is 2.60. The molecule has 0 aliphatic carbocycles. The number of hydrogen-bond donors (Lipinski definition) is 1. The van der Waals surface area contributed by atoms with E-state index in [1.165, 1.54) is 12.1 Å². The maximum Gasteiger partial charge on any atom is 0.416 e. The largest absolute Gasteiger partial charge is 0.416 e. The minimum absolute atomic E-state index is 0.0550. The Morgan fingerprint density at radius 2 is 1.69 bits per heavy atom. The molecule has 0 aliphatic heterocycles. The number of hydrogen-bond acceptors (Lipinski definition) is 2. The van der Waals surface area contributed by atoms with Crippen molar-refractivity contribution in [3.8, 4) is 0 Å². The molecule has 1 unspecified atom stereocenters. The number of carbonyl (C=O) groups is 1. The van der Waals surface area contributed by atoms with Gasteiger partial charge < -0.3 is 10.2 Å². The molecule has 0 aromatic heterocycles. The van der Waals surface area contributed by atoms with Crippen molar-refractivity contribution in [1.82, 2.24) is 10.2 Å². The number of rotatable bonds is 7. The molecular formula is C20H23F3N2O. The van der Waals surface area contributed by atoms with Gasteiger partial charge in [0.05, 0.1) is 11.6 Å². The fourth-order valence-electron chi connectivity index (χ4n) is 2.62. The molecule has 0 spiro atoms. The van der Waals surface area contributed by atoms with Gasteiger partial charge in [0.2, 0.25) is 5.91 Å². The third-order valence-corrected chi connectivity index (χ3v) is 4.13. The van der Waals surface area contributed by atoms with Gasteiger partial charge in [-0.2, -0.15) is 13.2 Å². The Balaban J connectivity index is 1.77. The number of nitrogens with zero attached hydrogens (tertiary/aromatic N) is 1. The zero-order chi connectivity index (χ0) is 19.2. The lowest BCUT2D eigenvalue weighted by Crippen LogP contribution is -2.30. The second kappa shape index (κ2) is 8.85. The highest BCUT2D eigenvalue weighted by molar-refractivity contribution is 5.76. The molecule has 0 bridgehead atoms. The Labute approximate surface area is 151 Å². The lowest BCUT2D eigenvalue weighted by atomic mass is 10.1. The fourth-order valence-corrected chi connectivity index (χ4v) is 2.62. The van der Waals surface area contributed by atoms with Crippen LogP contribution in [0.2, 0.25) is 0 Å². The van der Waals surface area contributed by atoms with Crippen molar-refractivity contribution in [2.75, 3.05) is 13.6 Å². The molecule has 2 aromatic rings. The molecule has 1 amide bonds. The van der Waals surface area contributed by atoms with Crippen molar-refractivity contribution in [3.05, 3.63) is 71.3 Å². The van der Waals surface area contributed by atoms with E-state index in [0.717, 1.165) is 23.3 Å². The van der Waals surface area contributed by atoms with Crippen LogP contribution in [0.1, 0.15) is 36.1 Å². The van der Waals surface area contributed by atoms with Crippen LogP contribution < -0.4 is 5.32 Å². The van der Waals surface area contributed by atoms with Crippen LogP contribution in [0.25, 0.3) is 0 Å². The van der Waals surface area contributed by atoms with Gasteiger partial charge in [0.25, 0.3) is 0 Å². The molecular weight excluding hydrogens is 341 g/mol. The van der Waals surface area contributed by atoms with Gasteiger partial charge in [-0.15, -0.1) is 0 Å². The molecule has 2 rings (SSSR count). The standard InChI is InChI=1S/C20H23F3N2O/c1-15(17-6-4-3-5-7-17)24-19(26)12-13-25(2)14-16-8-10-18(11-9-16)20(21,22)23/h3-11,15H,12-14H2,1-2H3,(H,24,26). The van der Waals surface area contributed by atoms with Gasteiger partial charge >= 0.3 is 6.18 Å². The maximum atomic E-state index is 12.6. The van der Waals surface area contributed by atoms with Gasteiger partial charge in [-0.05, 0) is 37.2 Å². The van der Waals surface area contributed by atoms with Crippen molar-refractivity contribution in [2.45, 2.75) is 32.1 Å². The first-order valence-electron chi connectivity index (χ1n) is 8.44. The third-order valence-electron chi connectivity index (χ3n) is 4.13. The summed E-state index contributed by atoms with van der Waals surface area (Å²) < 4.78 is 37.7. The number of amides is 1. The van der Waals surface area contributed by atoms with Crippen molar-refractivity contribution in [1.29, 1.82) is 0 Å². The zero-order valence-electron chi connectivity index (χ0n) is 14.9. The molecule has 0 radical (unpaired) electrons. The smallest absolute Gasteiger partial charge is 0.350 e. The van der Waals surface area contributed by atoms with Crippen molar-refractivity contribution >= 4 is 5.91 Å². The first-order chi connectivity index (χ1) is 12.3. The molecule has 2 aromatic carbocycles. The molecule has 3 nitrogen and oxygen atoms in total. The summed E-state index contributed by atoms with van der Waals surface area (Å²) in [6.07, 6.45) is -3.99. The van der Waals surface area contributed by atoms with E-state index in [4.69, 9.17) is 0 Å². The summed E-state index contributed by atoms with van der Waals surface area (Å²) in [5.74, 6) is -0.0550. The predicted molar refractivity (Wildman–Crippen MR) is 95.4 cm³/mol. The van der Waals surface area contributed by atoms with E-state index in [2.05, 4.69) is 5.32 Å². The molecule has 140 valence electrons. The Bertz CT molecular complexity index is 699. The highest BCUT2D eigenvalue weighted by Crippen LogP contribution is 2.29. The fraction of sp³-hybridized carbons (Fsp3) is 0.350. The van der Waals surface area contributed by atoms with E-state index in [1.807, 2.05) is 49.2 Å². The van der Waals surface area contributed by atoms with Crippen molar-refractivity contribution < 1.29 is 18.0 Å². The van der Waals surface area contributed by atoms with Crippen LogP contribution in [0.15, 0.2) is 54.6 Å². The van der Waals surface area contributed by atoms with Crippen LogP contribution in [0.4, 0.5) is 13.2 Å². The number of benzene rings is 2. The number of halogens is 3. The molecule has 6 heteroatoms. The summed E-state index contributed by atoms with van der Waals surface area (Å²) in [6, 6.07) is 14.7. The summed E-state index contributed by atoms with van der Waals surface area (Å²) in [7, 11) is 1.84. The second-order valence-corrected chi connectivity index (χ2v) is 6.38. The first-order valence-corrected chi connectivity index (χ1v) is 8.44. The maximum absolute atomic E-state index is 12.6. The van der Waals surface area contributed by atoms with Crippen LogP contribution >= 0.6 is 0 Å². The Hall–Kier alpha value is -2.34. The van der Waals surface area contributed by atoms with Gasteiger partial charge in [0.15, 0.2) is 0 Å². The Kier molecular flexibility index (Phi) is 6.80. The van der Waals surface area contributed by atoms with Gasteiger partial charge in [-0.25, -0.2) is 0 Å². The van der Waals surface area contributed by atoms with E-state index < -0.39 is 11.7 Å². The molecule has 1 N–H and O–H groups in total. The average molecular weight is 364 g/mol. The van der Waals surface area contributed by atoms with Crippen LogP contribution in [-0.4, -0.2) is 24.4 Å². The van der Waals surface area contributed by atoms with Gasteiger partial charge in [-0.1, -0.05) is 42.5 Å². The van der Waals surface area contributed by atoms with E-state index >= 15 is 0 Å². The highest BCUT2D eigenvalue weighted by Gasteiger charge is 2.29. The summed E-state index contributed by atoms with van der Waals surface area (Å²) in [4.78, 5) is 14.0. The Morgan fingerprint density at radius 1 is 1.08 bits per heavy atom. The quantitative estimate of drug-likeness (QED) is 0.790. The van der Waals surface area contributed by atoms with E-state index in [0.29, 0.717) is 19.5 Å². The number of carbonyl (C=O) groups excluding carboxylic acids is 1. The molecule has 0 saturated heterocycles. The number of nitrogens with one attached hydrogen (secondary N) is 1. The SMILES string of the molecule is CC(NC(=O)CCN(C)Cc1ccc(C(F)(F)F)cc1)c1ccccc1. The van der Waals surface area contributed by atoms with E-state index in [-0.39, 0.29) is 11.9 Å². The highest BCUT2D eigenvalue weighted by atomic mass is 19.4. The minimum atomic E-state index is -4.32. The molecule has 26 heavy (non-hydrogen) atoms. The third kappa shape index (κ3) is 6.19.